The van der Waals surface area contributed by atoms with Gasteiger partial charge < -0.3 is 10.2 Å². The fourth-order valence-electron chi connectivity index (χ4n) is 1.08. The number of hydrogen-bond donors (Lipinski definition) is 2. The molecular formula is C10H7NO5. The molecule has 0 saturated heterocycles. The van der Waals surface area contributed by atoms with Gasteiger partial charge in [-0.05, 0) is 6.07 Å². The molecule has 0 spiro atoms. The van der Waals surface area contributed by atoms with Crippen molar-refractivity contribution in [1.82, 2.24) is 0 Å². The van der Waals surface area contributed by atoms with Crippen molar-refractivity contribution in [1.29, 1.82) is 0 Å². The van der Waals surface area contributed by atoms with Crippen molar-refractivity contribution >= 4 is 12.0 Å². The SMILES string of the molecule is O=Cc1cc(C#CCO)cc([N+](=O)[O-])c1O. The highest BCUT2D eigenvalue weighted by Gasteiger charge is 2.18. The summed E-state index contributed by atoms with van der Waals surface area (Å²) in [5.41, 5.74) is -0.621. The molecule has 0 heterocycles. The number of aliphatic hydroxyl groups is 1. The molecule has 2 N–H and O–H groups in total. The first kappa shape index (κ1) is 11.7. The first-order valence-electron chi connectivity index (χ1n) is 4.16. The van der Waals surface area contributed by atoms with Crippen LogP contribution in [0.25, 0.3) is 0 Å². The van der Waals surface area contributed by atoms with Crippen LogP contribution < -0.4 is 0 Å². The number of phenols is 1. The molecule has 1 aromatic rings. The second kappa shape index (κ2) is 4.91. The smallest absolute Gasteiger partial charge is 0.312 e. The number of hydrogen-bond acceptors (Lipinski definition) is 5. The van der Waals surface area contributed by atoms with Crippen LogP contribution in [0.3, 0.4) is 0 Å². The molecule has 0 amide bonds. The molecule has 0 atom stereocenters. The lowest BCUT2D eigenvalue weighted by atomic mass is 10.1. The monoisotopic (exact) mass is 221 g/mol. The van der Waals surface area contributed by atoms with Crippen LogP contribution in [0.1, 0.15) is 15.9 Å². The van der Waals surface area contributed by atoms with Crippen molar-refractivity contribution in [2.45, 2.75) is 0 Å². The summed E-state index contributed by atoms with van der Waals surface area (Å²) in [6, 6.07) is 2.24. The number of aliphatic hydroxyl groups excluding tert-OH is 1. The maximum absolute atomic E-state index is 10.5. The van der Waals surface area contributed by atoms with Gasteiger partial charge in [0.25, 0.3) is 0 Å². The van der Waals surface area contributed by atoms with Crippen LogP contribution in [0, 0.1) is 22.0 Å². The van der Waals surface area contributed by atoms with Crippen molar-refractivity contribution in [2.75, 3.05) is 6.61 Å². The molecule has 0 radical (unpaired) electrons. The topological polar surface area (TPSA) is 101 Å². The van der Waals surface area contributed by atoms with Gasteiger partial charge in [-0.25, -0.2) is 0 Å². The number of phenolic OH excluding ortho intramolecular Hbond substituents is 1. The van der Waals surface area contributed by atoms with E-state index in [-0.39, 0.29) is 11.1 Å². The van der Waals surface area contributed by atoms with Gasteiger partial charge in [0.05, 0.1) is 10.5 Å². The van der Waals surface area contributed by atoms with Crippen LogP contribution >= 0.6 is 0 Å². The lowest BCUT2D eigenvalue weighted by molar-refractivity contribution is -0.385. The highest BCUT2D eigenvalue weighted by molar-refractivity contribution is 5.83. The molecular weight excluding hydrogens is 214 g/mol. The van der Waals surface area contributed by atoms with Crippen molar-refractivity contribution < 1.29 is 19.9 Å². The number of nitro benzene ring substituents is 1. The van der Waals surface area contributed by atoms with E-state index in [1.165, 1.54) is 6.07 Å². The maximum atomic E-state index is 10.5. The fourth-order valence-corrected chi connectivity index (χ4v) is 1.08. The van der Waals surface area contributed by atoms with E-state index in [1.807, 2.05) is 0 Å². The van der Waals surface area contributed by atoms with Gasteiger partial charge in [-0.1, -0.05) is 11.8 Å². The van der Waals surface area contributed by atoms with Crippen LogP contribution in [0.15, 0.2) is 12.1 Å². The van der Waals surface area contributed by atoms with E-state index < -0.39 is 23.0 Å². The van der Waals surface area contributed by atoms with Gasteiger partial charge in [0.2, 0.25) is 5.75 Å². The molecule has 0 aliphatic rings. The number of aldehydes is 1. The minimum absolute atomic E-state index is 0.181. The number of aromatic hydroxyl groups is 1. The zero-order valence-corrected chi connectivity index (χ0v) is 8.01. The minimum atomic E-state index is -0.813. The van der Waals surface area contributed by atoms with E-state index in [9.17, 15) is 20.0 Å². The number of carbonyl (C=O) groups is 1. The third kappa shape index (κ3) is 2.34. The van der Waals surface area contributed by atoms with Crippen molar-refractivity contribution in [3.05, 3.63) is 33.4 Å². The Bertz CT molecular complexity index is 498. The lowest BCUT2D eigenvalue weighted by Crippen LogP contribution is -1.94. The molecule has 0 bridgehead atoms. The van der Waals surface area contributed by atoms with Crippen molar-refractivity contribution in [3.8, 4) is 17.6 Å². The Morgan fingerprint density at radius 1 is 1.50 bits per heavy atom. The molecule has 0 aromatic heterocycles. The summed E-state index contributed by atoms with van der Waals surface area (Å²) in [6.07, 6.45) is 0.298. The molecule has 0 unspecified atom stereocenters. The van der Waals surface area contributed by atoms with Gasteiger partial charge >= 0.3 is 5.69 Å². The van der Waals surface area contributed by atoms with Crippen molar-refractivity contribution in [3.63, 3.8) is 0 Å². The predicted molar refractivity (Wildman–Crippen MR) is 54.1 cm³/mol. The summed E-state index contributed by atoms with van der Waals surface area (Å²) in [6.45, 7) is -0.398. The Morgan fingerprint density at radius 2 is 2.19 bits per heavy atom. The second-order valence-electron chi connectivity index (χ2n) is 2.77. The van der Waals surface area contributed by atoms with E-state index in [0.717, 1.165) is 6.07 Å². The van der Waals surface area contributed by atoms with Crippen LogP contribution in [0.4, 0.5) is 5.69 Å². The third-order valence-corrected chi connectivity index (χ3v) is 1.75. The van der Waals surface area contributed by atoms with Gasteiger partial charge in [0.15, 0.2) is 6.29 Å². The molecule has 6 heteroatoms. The number of nitro groups is 1. The second-order valence-corrected chi connectivity index (χ2v) is 2.77. The third-order valence-electron chi connectivity index (χ3n) is 1.75. The van der Waals surface area contributed by atoms with Crippen LogP contribution in [-0.2, 0) is 0 Å². The summed E-state index contributed by atoms with van der Waals surface area (Å²) in [5.74, 6) is 4.02. The Hall–Kier alpha value is -2.39. The first-order valence-corrected chi connectivity index (χ1v) is 4.16. The Balaban J connectivity index is 3.39. The molecule has 16 heavy (non-hydrogen) atoms. The number of nitrogens with zero attached hydrogens (tertiary/aromatic N) is 1. The first-order chi connectivity index (χ1) is 7.60. The van der Waals surface area contributed by atoms with E-state index in [0.29, 0.717) is 6.29 Å². The van der Waals surface area contributed by atoms with Crippen LogP contribution in [0.2, 0.25) is 0 Å². The van der Waals surface area contributed by atoms with Crippen LogP contribution in [-0.4, -0.2) is 28.0 Å². The summed E-state index contributed by atoms with van der Waals surface area (Å²) >= 11 is 0. The lowest BCUT2D eigenvalue weighted by Gasteiger charge is -1.99. The fraction of sp³-hybridized carbons (Fsp3) is 0.100. The van der Waals surface area contributed by atoms with Gasteiger partial charge in [-0.15, -0.1) is 0 Å². The van der Waals surface area contributed by atoms with E-state index in [2.05, 4.69) is 11.8 Å². The van der Waals surface area contributed by atoms with Gasteiger partial charge in [0.1, 0.15) is 6.61 Å². The quantitative estimate of drug-likeness (QED) is 0.327. The summed E-state index contributed by atoms with van der Waals surface area (Å²) in [4.78, 5) is 20.3. The Kier molecular flexibility index (Phi) is 3.58. The molecule has 82 valence electrons. The van der Waals surface area contributed by atoms with Gasteiger partial charge in [-0.2, -0.15) is 0 Å². The average Bonchev–Trinajstić information content (AvgIpc) is 2.27. The van der Waals surface area contributed by atoms with E-state index in [1.54, 1.807) is 0 Å². The Labute approximate surface area is 90.3 Å². The normalized spacial score (nSPS) is 9.06. The zero-order valence-electron chi connectivity index (χ0n) is 8.01. The van der Waals surface area contributed by atoms with Crippen LogP contribution in [0.5, 0.6) is 5.75 Å². The van der Waals surface area contributed by atoms with Crippen molar-refractivity contribution in [2.24, 2.45) is 0 Å². The number of benzene rings is 1. The van der Waals surface area contributed by atoms with E-state index >= 15 is 0 Å². The molecule has 6 nitrogen and oxygen atoms in total. The molecule has 0 aliphatic carbocycles. The zero-order chi connectivity index (χ0) is 12.1. The minimum Gasteiger partial charge on any atom is -0.502 e. The van der Waals surface area contributed by atoms with Gasteiger partial charge in [0, 0.05) is 11.6 Å². The standard InChI is InChI=1S/C10H7NO5/c12-3-1-2-7-4-8(6-13)10(14)9(5-7)11(15)16/h4-6,12,14H,3H2. The summed E-state index contributed by atoms with van der Waals surface area (Å²) in [7, 11) is 0. The average molecular weight is 221 g/mol. The molecule has 0 saturated carbocycles. The highest BCUT2D eigenvalue weighted by atomic mass is 16.6. The molecule has 1 rings (SSSR count). The molecule has 0 fully saturated rings. The maximum Gasteiger partial charge on any atom is 0.312 e. The Morgan fingerprint density at radius 3 is 2.69 bits per heavy atom. The summed E-state index contributed by atoms with van der Waals surface area (Å²) < 4.78 is 0. The highest BCUT2D eigenvalue weighted by Crippen LogP contribution is 2.29. The summed E-state index contributed by atoms with van der Waals surface area (Å²) in [5, 5.41) is 28.3. The van der Waals surface area contributed by atoms with E-state index in [4.69, 9.17) is 5.11 Å². The van der Waals surface area contributed by atoms with Gasteiger partial charge in [-0.3, -0.25) is 14.9 Å². The largest absolute Gasteiger partial charge is 0.502 e. The molecule has 1 aromatic carbocycles. The number of carbonyl (C=O) groups excluding carboxylic acids is 1. The molecule has 0 aliphatic heterocycles. The predicted octanol–water partition coefficient (Wildman–Crippen LogP) is 0.457. The number of rotatable bonds is 2.